The van der Waals surface area contributed by atoms with E-state index in [0.29, 0.717) is 17.2 Å². The Balaban J connectivity index is 1.73. The molecule has 6 nitrogen and oxygen atoms in total. The molecule has 30 heavy (non-hydrogen) atoms. The molecule has 1 N–H and O–H groups in total. The Morgan fingerprint density at radius 1 is 0.833 bits per heavy atom. The molecule has 3 aromatic carbocycles. The maximum atomic E-state index is 11.8. The van der Waals surface area contributed by atoms with Gasteiger partial charge in [-0.05, 0) is 78.9 Å². The fourth-order valence-electron chi connectivity index (χ4n) is 3.61. The van der Waals surface area contributed by atoms with Crippen LogP contribution in [0.15, 0.2) is 59.5 Å². The van der Waals surface area contributed by atoms with E-state index in [0.717, 1.165) is 16.6 Å². The minimum atomic E-state index is -3.29. The first kappa shape index (κ1) is 20.0. The Labute approximate surface area is 175 Å². The quantitative estimate of drug-likeness (QED) is 0.514. The van der Waals surface area contributed by atoms with Gasteiger partial charge in [-0.25, -0.2) is 13.4 Å². The van der Waals surface area contributed by atoms with Crippen LogP contribution < -0.4 is 5.32 Å². The summed E-state index contributed by atoms with van der Waals surface area (Å²) in [4.78, 5) is 4.84. The predicted molar refractivity (Wildman–Crippen MR) is 120 cm³/mol. The molecule has 0 saturated heterocycles. The van der Waals surface area contributed by atoms with Crippen molar-refractivity contribution in [3.05, 3.63) is 71.3 Å². The zero-order valence-electron chi connectivity index (χ0n) is 17.3. The molecule has 0 atom stereocenters. The van der Waals surface area contributed by atoms with Crippen molar-refractivity contribution in [3.8, 4) is 11.1 Å². The van der Waals surface area contributed by atoms with Gasteiger partial charge in [-0.2, -0.15) is 0 Å². The van der Waals surface area contributed by atoms with Crippen molar-refractivity contribution in [2.45, 2.75) is 25.7 Å². The van der Waals surface area contributed by atoms with Crippen molar-refractivity contribution in [1.82, 2.24) is 15.2 Å². The number of rotatable bonds is 4. The van der Waals surface area contributed by atoms with Crippen molar-refractivity contribution in [2.24, 2.45) is 0 Å². The average Bonchev–Trinajstić information content (AvgIpc) is 2.68. The highest BCUT2D eigenvalue weighted by atomic mass is 32.2. The number of anilines is 2. The van der Waals surface area contributed by atoms with Gasteiger partial charge in [0.2, 0.25) is 5.95 Å². The third-order valence-electron chi connectivity index (χ3n) is 5.04. The monoisotopic (exact) mass is 418 g/mol. The summed E-state index contributed by atoms with van der Waals surface area (Å²) in [6, 6.07) is 16.9. The lowest BCUT2D eigenvalue weighted by atomic mass is 9.94. The van der Waals surface area contributed by atoms with E-state index in [1.807, 2.05) is 13.0 Å². The number of nitrogens with zero attached hydrogens (tertiary/aromatic N) is 3. The standard InChI is InChI=1S/C23H22N4O2S/c1-14-7-5-8-15(2)21(14)17-11-16(3)22-20(12-17)26-27-23(25-22)24-18-9-6-10-19(13-18)30(4,28)29/h5-13H,1-4H3,(H,24,25,27). The van der Waals surface area contributed by atoms with Gasteiger partial charge in [-0.15, -0.1) is 10.2 Å². The number of aryl methyl sites for hydroxylation is 3. The van der Waals surface area contributed by atoms with Gasteiger partial charge in [0.25, 0.3) is 0 Å². The first-order valence-corrected chi connectivity index (χ1v) is 11.4. The molecular formula is C23H22N4O2S. The zero-order valence-corrected chi connectivity index (χ0v) is 18.1. The Morgan fingerprint density at radius 2 is 1.53 bits per heavy atom. The summed E-state index contributed by atoms with van der Waals surface area (Å²) in [7, 11) is -3.29. The van der Waals surface area contributed by atoms with E-state index >= 15 is 0 Å². The number of aromatic nitrogens is 3. The molecule has 0 spiro atoms. The first-order chi connectivity index (χ1) is 14.2. The Bertz CT molecular complexity index is 1360. The second kappa shape index (κ2) is 7.50. The average molecular weight is 419 g/mol. The molecule has 152 valence electrons. The molecule has 0 aliphatic rings. The molecule has 1 heterocycles. The van der Waals surface area contributed by atoms with E-state index in [2.05, 4.69) is 58.6 Å². The van der Waals surface area contributed by atoms with E-state index in [1.165, 1.54) is 22.9 Å². The van der Waals surface area contributed by atoms with Crippen LogP contribution in [0, 0.1) is 20.8 Å². The van der Waals surface area contributed by atoms with Gasteiger partial charge < -0.3 is 5.32 Å². The van der Waals surface area contributed by atoms with E-state index in [-0.39, 0.29) is 4.90 Å². The van der Waals surface area contributed by atoms with Gasteiger partial charge in [0.1, 0.15) is 5.52 Å². The second-order valence-electron chi connectivity index (χ2n) is 7.49. The predicted octanol–water partition coefficient (Wildman–Crippen LogP) is 4.76. The lowest BCUT2D eigenvalue weighted by Gasteiger charge is -2.12. The van der Waals surface area contributed by atoms with Gasteiger partial charge in [0.05, 0.1) is 10.4 Å². The Kier molecular flexibility index (Phi) is 4.99. The summed E-state index contributed by atoms with van der Waals surface area (Å²) < 4.78 is 23.6. The number of hydrogen-bond donors (Lipinski definition) is 1. The minimum Gasteiger partial charge on any atom is -0.323 e. The van der Waals surface area contributed by atoms with Crippen LogP contribution in [0.4, 0.5) is 11.6 Å². The molecule has 7 heteroatoms. The summed E-state index contributed by atoms with van der Waals surface area (Å²) in [6.45, 7) is 6.20. The topological polar surface area (TPSA) is 84.8 Å². The van der Waals surface area contributed by atoms with Crippen LogP contribution in [-0.2, 0) is 9.84 Å². The maximum Gasteiger partial charge on any atom is 0.247 e. The van der Waals surface area contributed by atoms with Crippen molar-refractivity contribution in [1.29, 1.82) is 0 Å². The van der Waals surface area contributed by atoms with Gasteiger partial charge in [0, 0.05) is 11.9 Å². The number of sulfone groups is 1. The minimum absolute atomic E-state index is 0.232. The lowest BCUT2D eigenvalue weighted by molar-refractivity contribution is 0.602. The third-order valence-corrected chi connectivity index (χ3v) is 6.15. The van der Waals surface area contributed by atoms with Gasteiger partial charge in [-0.3, -0.25) is 0 Å². The van der Waals surface area contributed by atoms with Crippen LogP contribution >= 0.6 is 0 Å². The van der Waals surface area contributed by atoms with Crippen LogP contribution in [0.1, 0.15) is 16.7 Å². The van der Waals surface area contributed by atoms with Crippen LogP contribution in [-0.4, -0.2) is 29.9 Å². The molecular weight excluding hydrogens is 396 g/mol. The largest absolute Gasteiger partial charge is 0.323 e. The molecule has 4 aromatic rings. The number of fused-ring (bicyclic) bond motifs is 1. The fourth-order valence-corrected chi connectivity index (χ4v) is 4.28. The molecule has 0 saturated carbocycles. The molecule has 0 bridgehead atoms. The fraction of sp³-hybridized carbons (Fsp3) is 0.174. The molecule has 4 rings (SSSR count). The summed E-state index contributed by atoms with van der Waals surface area (Å²) in [5.74, 6) is 0.316. The van der Waals surface area contributed by atoms with Crippen molar-refractivity contribution in [2.75, 3.05) is 11.6 Å². The van der Waals surface area contributed by atoms with Crippen LogP contribution in [0.25, 0.3) is 22.2 Å². The van der Waals surface area contributed by atoms with Crippen molar-refractivity contribution >= 4 is 32.5 Å². The smallest absolute Gasteiger partial charge is 0.247 e. The van der Waals surface area contributed by atoms with Gasteiger partial charge in [0.15, 0.2) is 9.84 Å². The summed E-state index contributed by atoms with van der Waals surface area (Å²) in [5.41, 5.74) is 7.75. The molecule has 0 unspecified atom stereocenters. The third kappa shape index (κ3) is 3.89. The molecule has 0 fully saturated rings. The number of hydrogen-bond acceptors (Lipinski definition) is 6. The highest BCUT2D eigenvalue weighted by Gasteiger charge is 2.12. The van der Waals surface area contributed by atoms with Crippen LogP contribution in [0.2, 0.25) is 0 Å². The summed E-state index contributed by atoms with van der Waals surface area (Å²) >= 11 is 0. The number of benzene rings is 3. The zero-order chi connectivity index (χ0) is 21.5. The van der Waals surface area contributed by atoms with E-state index in [1.54, 1.807) is 24.3 Å². The van der Waals surface area contributed by atoms with Gasteiger partial charge >= 0.3 is 0 Å². The maximum absolute atomic E-state index is 11.8. The molecule has 0 amide bonds. The Hall–Kier alpha value is -3.32. The highest BCUT2D eigenvalue weighted by molar-refractivity contribution is 7.90. The van der Waals surface area contributed by atoms with Crippen LogP contribution in [0.3, 0.4) is 0 Å². The second-order valence-corrected chi connectivity index (χ2v) is 9.50. The SMILES string of the molecule is Cc1cccc(C)c1-c1cc(C)c2nc(Nc3cccc(S(C)(=O)=O)c3)nnc2c1. The van der Waals surface area contributed by atoms with E-state index in [4.69, 9.17) is 0 Å². The summed E-state index contributed by atoms with van der Waals surface area (Å²) in [5, 5.41) is 11.6. The van der Waals surface area contributed by atoms with Crippen molar-refractivity contribution < 1.29 is 8.42 Å². The van der Waals surface area contributed by atoms with Crippen molar-refractivity contribution in [3.63, 3.8) is 0 Å². The number of nitrogens with one attached hydrogen (secondary N) is 1. The molecule has 0 aliphatic carbocycles. The first-order valence-electron chi connectivity index (χ1n) is 9.51. The molecule has 0 aliphatic heterocycles. The van der Waals surface area contributed by atoms with E-state index in [9.17, 15) is 8.42 Å². The summed E-state index contributed by atoms with van der Waals surface area (Å²) in [6.07, 6.45) is 1.18. The normalized spacial score (nSPS) is 11.6. The Morgan fingerprint density at radius 3 is 2.23 bits per heavy atom. The highest BCUT2D eigenvalue weighted by Crippen LogP contribution is 2.31. The molecule has 0 radical (unpaired) electrons. The van der Waals surface area contributed by atoms with E-state index < -0.39 is 9.84 Å². The van der Waals surface area contributed by atoms with Crippen LogP contribution in [0.5, 0.6) is 0 Å². The molecule has 1 aromatic heterocycles. The lowest BCUT2D eigenvalue weighted by Crippen LogP contribution is -2.02. The van der Waals surface area contributed by atoms with Gasteiger partial charge in [-0.1, -0.05) is 24.3 Å².